The highest BCUT2D eigenvalue weighted by molar-refractivity contribution is 5.93. The number of anilines is 2. The van der Waals surface area contributed by atoms with Crippen LogP contribution >= 0.6 is 0 Å². The number of fused-ring (bicyclic) bond motifs is 2. The maximum atomic E-state index is 13.2. The van der Waals surface area contributed by atoms with E-state index in [2.05, 4.69) is 30.5 Å². The fourth-order valence-electron chi connectivity index (χ4n) is 4.04. The van der Waals surface area contributed by atoms with Gasteiger partial charge in [0.25, 0.3) is 0 Å². The lowest BCUT2D eigenvalue weighted by Gasteiger charge is -2.29. The number of rotatable bonds is 4. The van der Waals surface area contributed by atoms with E-state index in [0.29, 0.717) is 17.9 Å². The largest absolute Gasteiger partial charge is 0.416 e. The fourth-order valence-corrected chi connectivity index (χ4v) is 4.04. The predicted molar refractivity (Wildman–Crippen MR) is 114 cm³/mol. The van der Waals surface area contributed by atoms with Crippen LogP contribution in [0, 0.1) is 6.92 Å². The van der Waals surface area contributed by atoms with E-state index < -0.39 is 11.7 Å². The molecular weight excluding hydrogens is 419 g/mol. The molecule has 0 radical (unpaired) electrons. The summed E-state index contributed by atoms with van der Waals surface area (Å²) in [6, 6.07) is 10.2. The maximum absolute atomic E-state index is 13.2. The molecule has 0 aliphatic carbocycles. The summed E-state index contributed by atoms with van der Waals surface area (Å²) in [5.74, 6) is 1.43. The zero-order valence-electron chi connectivity index (χ0n) is 17.3. The molecule has 3 heterocycles. The molecule has 0 atom stereocenters. The first kappa shape index (κ1) is 20.2. The lowest BCUT2D eigenvalue weighted by atomic mass is 10.0. The highest BCUT2D eigenvalue weighted by Crippen LogP contribution is 2.33. The zero-order valence-corrected chi connectivity index (χ0v) is 17.3. The van der Waals surface area contributed by atoms with Crippen molar-refractivity contribution in [2.45, 2.75) is 32.7 Å². The van der Waals surface area contributed by atoms with Crippen molar-refractivity contribution in [1.82, 2.24) is 25.0 Å². The van der Waals surface area contributed by atoms with Crippen molar-refractivity contribution in [3.8, 4) is 0 Å². The minimum atomic E-state index is -4.38. The van der Waals surface area contributed by atoms with Gasteiger partial charge in [-0.05, 0) is 36.2 Å². The molecule has 0 spiro atoms. The summed E-state index contributed by atoms with van der Waals surface area (Å²) in [6.45, 7) is 3.90. The third-order valence-electron chi connectivity index (χ3n) is 5.82. The van der Waals surface area contributed by atoms with Gasteiger partial charge >= 0.3 is 6.18 Å². The van der Waals surface area contributed by atoms with Crippen LogP contribution in [0.4, 0.5) is 24.7 Å². The number of alkyl halides is 3. The maximum Gasteiger partial charge on any atom is 0.416 e. The zero-order chi connectivity index (χ0) is 22.3. The molecule has 2 aromatic heterocycles. The van der Waals surface area contributed by atoms with Gasteiger partial charge in [-0.3, -0.25) is 0 Å². The Morgan fingerprint density at radius 1 is 1.12 bits per heavy atom. The van der Waals surface area contributed by atoms with Gasteiger partial charge in [0.1, 0.15) is 12.2 Å². The van der Waals surface area contributed by atoms with Gasteiger partial charge in [0.05, 0.1) is 24.8 Å². The van der Waals surface area contributed by atoms with Gasteiger partial charge in [0.15, 0.2) is 5.82 Å². The number of benzene rings is 2. The molecule has 0 bridgehead atoms. The van der Waals surface area contributed by atoms with Crippen LogP contribution in [0.1, 0.15) is 22.5 Å². The van der Waals surface area contributed by atoms with Gasteiger partial charge < -0.3 is 10.2 Å². The number of aromatic nitrogens is 5. The second kappa shape index (κ2) is 7.77. The molecule has 1 aliphatic rings. The second-order valence-corrected chi connectivity index (χ2v) is 7.73. The van der Waals surface area contributed by atoms with E-state index in [9.17, 15) is 13.2 Å². The molecule has 7 nitrogen and oxygen atoms in total. The summed E-state index contributed by atoms with van der Waals surface area (Å²) in [7, 11) is 0. The Hall–Kier alpha value is -3.69. The molecule has 0 amide bonds. The summed E-state index contributed by atoms with van der Waals surface area (Å²) in [6.07, 6.45) is -1.15. The van der Waals surface area contributed by atoms with Crippen LogP contribution in [0.3, 0.4) is 0 Å². The Morgan fingerprint density at radius 3 is 2.84 bits per heavy atom. The van der Waals surface area contributed by atoms with Crippen LogP contribution in [0.5, 0.6) is 0 Å². The first-order valence-electron chi connectivity index (χ1n) is 10.2. The standard InChI is InChI=1S/C22H20F3N7/c1-14-15(3-2-4-19(14)22(23,24)25)10-26-21-18-9-17(6-5-16(18)11-28-30-21)31-7-8-32-20(12-31)27-13-29-32/h2-6,9,11,13H,7-8,10,12H2,1H3,(H,26,30). The lowest BCUT2D eigenvalue weighted by molar-refractivity contribution is -0.138. The molecule has 2 aromatic carbocycles. The minimum absolute atomic E-state index is 0.207. The molecular formula is C22H20F3N7. The van der Waals surface area contributed by atoms with Crippen LogP contribution in [0.2, 0.25) is 0 Å². The highest BCUT2D eigenvalue weighted by atomic mass is 19.4. The van der Waals surface area contributed by atoms with Crippen LogP contribution in [0.25, 0.3) is 10.8 Å². The molecule has 0 saturated carbocycles. The van der Waals surface area contributed by atoms with Gasteiger partial charge in [-0.1, -0.05) is 18.2 Å². The summed E-state index contributed by atoms with van der Waals surface area (Å²) >= 11 is 0. The fraction of sp³-hybridized carbons (Fsp3) is 0.273. The van der Waals surface area contributed by atoms with Gasteiger partial charge in [-0.15, -0.1) is 5.10 Å². The van der Waals surface area contributed by atoms with Crippen LogP contribution in [-0.4, -0.2) is 31.5 Å². The number of hydrogen-bond donors (Lipinski definition) is 1. The average molecular weight is 439 g/mol. The molecule has 10 heteroatoms. The summed E-state index contributed by atoms with van der Waals surface area (Å²) in [4.78, 5) is 6.52. The van der Waals surface area contributed by atoms with Gasteiger partial charge in [0, 0.05) is 29.5 Å². The third-order valence-corrected chi connectivity index (χ3v) is 5.82. The summed E-state index contributed by atoms with van der Waals surface area (Å²) in [5, 5.41) is 17.4. The lowest BCUT2D eigenvalue weighted by Crippen LogP contribution is -2.34. The normalized spacial score (nSPS) is 13.9. The minimum Gasteiger partial charge on any atom is -0.364 e. The molecule has 4 aromatic rings. The van der Waals surface area contributed by atoms with Crippen molar-refractivity contribution in [2.24, 2.45) is 0 Å². The number of nitrogens with zero attached hydrogens (tertiary/aromatic N) is 6. The molecule has 5 rings (SSSR count). The summed E-state index contributed by atoms with van der Waals surface area (Å²) in [5.41, 5.74) is 1.16. The predicted octanol–water partition coefficient (Wildman–Crippen LogP) is 4.18. The van der Waals surface area contributed by atoms with Crippen molar-refractivity contribution >= 4 is 22.3 Å². The number of halogens is 3. The smallest absolute Gasteiger partial charge is 0.364 e. The Bertz CT molecular complexity index is 1280. The van der Waals surface area contributed by atoms with Crippen molar-refractivity contribution in [3.63, 3.8) is 0 Å². The molecule has 0 fully saturated rings. The molecule has 164 valence electrons. The van der Waals surface area contributed by atoms with Gasteiger partial charge in [0.2, 0.25) is 0 Å². The molecule has 32 heavy (non-hydrogen) atoms. The third kappa shape index (κ3) is 3.72. The molecule has 0 saturated heterocycles. The van der Waals surface area contributed by atoms with E-state index >= 15 is 0 Å². The number of nitrogens with one attached hydrogen (secondary N) is 1. The first-order valence-corrected chi connectivity index (χ1v) is 10.2. The van der Waals surface area contributed by atoms with Crippen molar-refractivity contribution in [1.29, 1.82) is 0 Å². The van der Waals surface area contributed by atoms with E-state index in [1.54, 1.807) is 18.6 Å². The van der Waals surface area contributed by atoms with Crippen molar-refractivity contribution in [3.05, 3.63) is 71.4 Å². The Kier molecular flexibility index (Phi) is 4.91. The van der Waals surface area contributed by atoms with Crippen molar-refractivity contribution < 1.29 is 13.2 Å². The SMILES string of the molecule is Cc1c(CNc2nncc3ccc(N4CCn5ncnc5C4)cc23)cccc1C(F)(F)F. The van der Waals surface area contributed by atoms with Gasteiger partial charge in [-0.2, -0.15) is 23.4 Å². The van der Waals surface area contributed by atoms with Crippen LogP contribution in [-0.2, 0) is 25.8 Å². The monoisotopic (exact) mass is 439 g/mol. The molecule has 1 N–H and O–H groups in total. The van der Waals surface area contributed by atoms with Crippen molar-refractivity contribution in [2.75, 3.05) is 16.8 Å². The summed E-state index contributed by atoms with van der Waals surface area (Å²) < 4.78 is 41.6. The topological polar surface area (TPSA) is 71.8 Å². The van der Waals surface area contributed by atoms with Crippen LogP contribution < -0.4 is 10.2 Å². The first-order chi connectivity index (χ1) is 15.4. The highest BCUT2D eigenvalue weighted by Gasteiger charge is 2.32. The van der Waals surface area contributed by atoms with E-state index in [-0.39, 0.29) is 12.1 Å². The molecule has 1 aliphatic heterocycles. The Balaban J connectivity index is 1.42. The van der Waals surface area contributed by atoms with E-state index in [1.807, 2.05) is 22.9 Å². The van der Waals surface area contributed by atoms with E-state index in [1.165, 1.54) is 13.0 Å². The number of hydrogen-bond acceptors (Lipinski definition) is 6. The second-order valence-electron chi connectivity index (χ2n) is 7.73. The average Bonchev–Trinajstić information content (AvgIpc) is 3.25. The van der Waals surface area contributed by atoms with Gasteiger partial charge in [-0.25, -0.2) is 9.67 Å². The Morgan fingerprint density at radius 2 is 2.00 bits per heavy atom. The quantitative estimate of drug-likeness (QED) is 0.514. The van der Waals surface area contributed by atoms with Crippen LogP contribution in [0.15, 0.2) is 48.9 Å². The molecule has 0 unspecified atom stereocenters. The van der Waals surface area contributed by atoms with E-state index in [0.717, 1.165) is 41.4 Å². The Labute approximate surface area is 181 Å². The van der Waals surface area contributed by atoms with E-state index in [4.69, 9.17) is 0 Å².